The van der Waals surface area contributed by atoms with E-state index >= 15 is 0 Å². The number of halogens is 2. The van der Waals surface area contributed by atoms with Gasteiger partial charge in [-0.1, -0.05) is 35.9 Å². The molecule has 0 atom stereocenters. The van der Waals surface area contributed by atoms with Crippen molar-refractivity contribution >= 4 is 23.2 Å². The molecule has 0 spiro atoms. The van der Waals surface area contributed by atoms with Crippen LogP contribution in [-0.2, 0) is 0 Å². The highest BCUT2D eigenvalue weighted by atomic mass is 35.5. The van der Waals surface area contributed by atoms with Gasteiger partial charge in [-0.25, -0.2) is 0 Å². The summed E-state index contributed by atoms with van der Waals surface area (Å²) in [6.45, 7) is 7.32. The van der Waals surface area contributed by atoms with Gasteiger partial charge >= 0.3 is 0 Å². The second-order valence-electron chi connectivity index (χ2n) is 1.91. The lowest BCUT2D eigenvalue weighted by molar-refractivity contribution is 1.45. The molecule has 0 unspecified atom stereocenters. The van der Waals surface area contributed by atoms with Crippen molar-refractivity contribution in [3.8, 4) is 0 Å². The van der Waals surface area contributed by atoms with Gasteiger partial charge < -0.3 is 0 Å². The first-order valence-electron chi connectivity index (χ1n) is 2.92. The minimum atomic E-state index is 0.450. The molecule has 0 aliphatic heterocycles. The van der Waals surface area contributed by atoms with E-state index in [2.05, 4.69) is 6.58 Å². The topological polar surface area (TPSA) is 0 Å². The van der Waals surface area contributed by atoms with E-state index in [-0.39, 0.29) is 0 Å². The molecule has 0 fully saturated rings. The highest BCUT2D eigenvalue weighted by Gasteiger charge is 1.92. The van der Waals surface area contributed by atoms with Crippen molar-refractivity contribution in [2.24, 2.45) is 0 Å². The minimum Gasteiger partial charge on any atom is -0.0849 e. The Bertz CT molecular complexity index is 187. The Morgan fingerprint density at radius 3 is 2.20 bits per heavy atom. The molecule has 0 saturated heterocycles. The summed E-state index contributed by atoms with van der Waals surface area (Å²) in [5.74, 6) is 0. The van der Waals surface area contributed by atoms with Gasteiger partial charge in [0.05, 0.1) is 0 Å². The SMILES string of the molecule is C=C(Cl)/C=C(Cl)\C(C)=C/C. The minimum absolute atomic E-state index is 0.450. The van der Waals surface area contributed by atoms with Crippen LogP contribution in [0.2, 0.25) is 0 Å². The quantitative estimate of drug-likeness (QED) is 0.562. The Kier molecular flexibility index (Phi) is 4.50. The Labute approximate surface area is 71.8 Å². The van der Waals surface area contributed by atoms with E-state index in [9.17, 15) is 0 Å². The Balaban J connectivity index is 4.35. The Hall–Kier alpha value is -0.200. The maximum atomic E-state index is 5.77. The maximum Gasteiger partial charge on any atom is 0.0446 e. The molecule has 0 rings (SSSR count). The zero-order valence-corrected chi connectivity index (χ0v) is 7.63. The summed E-state index contributed by atoms with van der Waals surface area (Å²) in [4.78, 5) is 0. The molecule has 0 radical (unpaired) electrons. The van der Waals surface area contributed by atoms with E-state index in [0.29, 0.717) is 10.1 Å². The normalized spacial score (nSPS) is 13.6. The molecule has 0 heterocycles. The van der Waals surface area contributed by atoms with Crippen LogP contribution in [0.5, 0.6) is 0 Å². The van der Waals surface area contributed by atoms with E-state index in [1.165, 1.54) is 0 Å². The molecule has 10 heavy (non-hydrogen) atoms. The van der Waals surface area contributed by atoms with Gasteiger partial charge in [0, 0.05) is 10.1 Å². The molecule has 0 aromatic carbocycles. The van der Waals surface area contributed by atoms with E-state index in [0.717, 1.165) is 5.57 Å². The van der Waals surface area contributed by atoms with Crippen LogP contribution in [0.25, 0.3) is 0 Å². The Morgan fingerprint density at radius 1 is 1.40 bits per heavy atom. The third-order valence-corrected chi connectivity index (χ3v) is 1.61. The molecule has 0 N–H and O–H groups in total. The molecule has 0 saturated carbocycles. The second kappa shape index (κ2) is 4.59. The van der Waals surface area contributed by atoms with Gasteiger partial charge in [-0.3, -0.25) is 0 Å². The van der Waals surface area contributed by atoms with E-state index in [1.54, 1.807) is 6.08 Å². The molecular weight excluding hydrogens is 167 g/mol. The fourth-order valence-corrected chi connectivity index (χ4v) is 0.795. The fourth-order valence-electron chi connectivity index (χ4n) is 0.389. The lowest BCUT2D eigenvalue weighted by atomic mass is 10.2. The zero-order chi connectivity index (χ0) is 8.15. The van der Waals surface area contributed by atoms with Gasteiger partial charge in [0.15, 0.2) is 0 Å². The first-order chi connectivity index (χ1) is 4.57. The van der Waals surface area contributed by atoms with Crippen molar-refractivity contribution in [2.45, 2.75) is 13.8 Å². The van der Waals surface area contributed by atoms with Gasteiger partial charge in [0.1, 0.15) is 0 Å². The zero-order valence-electron chi connectivity index (χ0n) is 6.12. The van der Waals surface area contributed by atoms with Gasteiger partial charge in [0.2, 0.25) is 0 Å². The highest BCUT2D eigenvalue weighted by molar-refractivity contribution is 6.35. The van der Waals surface area contributed by atoms with Crippen LogP contribution in [0.4, 0.5) is 0 Å². The third-order valence-electron chi connectivity index (χ3n) is 1.09. The fraction of sp³-hybridized carbons (Fsp3) is 0.250. The molecule has 56 valence electrons. The van der Waals surface area contributed by atoms with E-state index in [1.807, 2.05) is 19.9 Å². The summed E-state index contributed by atoms with van der Waals surface area (Å²) < 4.78 is 0. The van der Waals surface area contributed by atoms with Crippen molar-refractivity contribution in [3.63, 3.8) is 0 Å². The molecule has 0 bridgehead atoms. The molecule has 0 aromatic heterocycles. The van der Waals surface area contributed by atoms with E-state index in [4.69, 9.17) is 23.2 Å². The smallest absolute Gasteiger partial charge is 0.0446 e. The summed E-state index contributed by atoms with van der Waals surface area (Å²) in [5, 5.41) is 1.09. The summed E-state index contributed by atoms with van der Waals surface area (Å²) >= 11 is 11.3. The molecule has 0 aromatic rings. The summed E-state index contributed by atoms with van der Waals surface area (Å²) in [5.41, 5.74) is 1.00. The van der Waals surface area contributed by atoms with Crippen LogP contribution < -0.4 is 0 Å². The highest BCUT2D eigenvalue weighted by Crippen LogP contribution is 2.16. The van der Waals surface area contributed by atoms with Gasteiger partial charge in [-0.15, -0.1) is 0 Å². The Morgan fingerprint density at radius 2 is 1.90 bits per heavy atom. The average Bonchev–Trinajstić information content (AvgIpc) is 1.85. The van der Waals surface area contributed by atoms with Crippen molar-refractivity contribution in [3.05, 3.63) is 34.4 Å². The summed E-state index contributed by atoms with van der Waals surface area (Å²) in [7, 11) is 0. The predicted octanol–water partition coefficient (Wildman–Crippen LogP) is 3.83. The first-order valence-corrected chi connectivity index (χ1v) is 3.68. The van der Waals surface area contributed by atoms with Crippen molar-refractivity contribution < 1.29 is 0 Å². The molecule has 0 nitrogen and oxygen atoms in total. The third kappa shape index (κ3) is 3.76. The van der Waals surface area contributed by atoms with Crippen LogP contribution >= 0.6 is 23.2 Å². The lowest BCUT2D eigenvalue weighted by Crippen LogP contribution is -1.73. The first kappa shape index (κ1) is 9.80. The average molecular weight is 177 g/mol. The lowest BCUT2D eigenvalue weighted by Gasteiger charge is -1.95. The number of hydrogen-bond donors (Lipinski definition) is 0. The van der Waals surface area contributed by atoms with Crippen LogP contribution in [-0.4, -0.2) is 0 Å². The number of rotatable bonds is 2. The summed E-state index contributed by atoms with van der Waals surface area (Å²) in [6, 6.07) is 0. The molecule has 0 aliphatic carbocycles. The standard InChI is InChI=1S/C8H10Cl2/c1-4-6(2)8(10)5-7(3)9/h4-5H,3H2,1-2H3/b6-4-,8-5+. The number of hydrogen-bond acceptors (Lipinski definition) is 0. The number of allylic oxidation sites excluding steroid dienone is 5. The molecule has 0 amide bonds. The molecular formula is C8H10Cl2. The maximum absolute atomic E-state index is 5.77. The van der Waals surface area contributed by atoms with Crippen LogP contribution in [0.3, 0.4) is 0 Å². The van der Waals surface area contributed by atoms with Gasteiger partial charge in [-0.2, -0.15) is 0 Å². The van der Waals surface area contributed by atoms with Crippen molar-refractivity contribution in [1.29, 1.82) is 0 Å². The van der Waals surface area contributed by atoms with Crippen molar-refractivity contribution in [1.82, 2.24) is 0 Å². The molecule has 0 aliphatic rings. The van der Waals surface area contributed by atoms with E-state index < -0.39 is 0 Å². The second-order valence-corrected chi connectivity index (χ2v) is 2.80. The van der Waals surface area contributed by atoms with Gasteiger partial charge in [-0.05, 0) is 25.5 Å². The van der Waals surface area contributed by atoms with Gasteiger partial charge in [0.25, 0.3) is 0 Å². The van der Waals surface area contributed by atoms with Crippen LogP contribution in [0.15, 0.2) is 34.4 Å². The predicted molar refractivity (Wildman–Crippen MR) is 48.4 cm³/mol. The van der Waals surface area contributed by atoms with Crippen molar-refractivity contribution in [2.75, 3.05) is 0 Å². The van der Waals surface area contributed by atoms with Crippen LogP contribution in [0.1, 0.15) is 13.8 Å². The summed E-state index contributed by atoms with van der Waals surface area (Å²) in [6.07, 6.45) is 3.54. The largest absolute Gasteiger partial charge is 0.0849 e. The monoisotopic (exact) mass is 176 g/mol. The molecule has 2 heteroatoms. The van der Waals surface area contributed by atoms with Crippen LogP contribution in [0, 0.1) is 0 Å².